The van der Waals surface area contributed by atoms with E-state index >= 15 is 0 Å². The van der Waals surface area contributed by atoms with E-state index in [9.17, 15) is 0 Å². The zero-order valence-electron chi connectivity index (χ0n) is 16.7. The summed E-state index contributed by atoms with van der Waals surface area (Å²) in [7, 11) is -4.34. The summed E-state index contributed by atoms with van der Waals surface area (Å²) in [5.41, 5.74) is 0. The van der Waals surface area contributed by atoms with Crippen LogP contribution in [0.25, 0.3) is 0 Å². The molecule has 0 atom stereocenters. The quantitative estimate of drug-likeness (QED) is 0.691. The van der Waals surface area contributed by atoms with Crippen LogP contribution in [-0.4, -0.2) is 28.8 Å². The molecular weight excluding hydrogens is 340 g/mol. The smallest absolute Gasteiger partial charge is 0.385 e. The highest BCUT2D eigenvalue weighted by Gasteiger charge is 2.47. The molecule has 0 amide bonds. The van der Waals surface area contributed by atoms with Gasteiger partial charge in [0.25, 0.3) is 0 Å². The Morgan fingerprint density at radius 3 is 1.52 bits per heavy atom. The molecule has 0 aliphatic rings. The van der Waals surface area contributed by atoms with E-state index in [1.165, 1.54) is 15.6 Å². The van der Waals surface area contributed by atoms with Gasteiger partial charge in [0, 0.05) is 12.2 Å². The lowest BCUT2D eigenvalue weighted by molar-refractivity contribution is 0.125. The summed E-state index contributed by atoms with van der Waals surface area (Å²) in [6.07, 6.45) is 0.195. The van der Waals surface area contributed by atoms with Crippen LogP contribution in [0.4, 0.5) is 0 Å². The maximum Gasteiger partial charge on any atom is 0.407 e. The first-order valence-corrected chi connectivity index (χ1v) is 14.5. The zero-order valence-corrected chi connectivity index (χ0v) is 18.7. The van der Waals surface area contributed by atoms with Gasteiger partial charge in [0.2, 0.25) is 0 Å². The minimum Gasteiger partial charge on any atom is -0.385 e. The zero-order chi connectivity index (χ0) is 18.7. The Bertz CT molecular complexity index is 666. The van der Waals surface area contributed by atoms with Gasteiger partial charge in [-0.2, -0.15) is 0 Å². The first-order valence-electron chi connectivity index (χ1n) is 9.18. The average Bonchev–Trinajstić information content (AvgIpc) is 2.53. The molecule has 0 bridgehead atoms. The van der Waals surface area contributed by atoms with Crippen molar-refractivity contribution in [3.05, 3.63) is 54.6 Å². The van der Waals surface area contributed by atoms with Crippen LogP contribution in [0.5, 0.6) is 0 Å². The first kappa shape index (κ1) is 20.1. The molecule has 0 N–H and O–H groups in total. The maximum absolute atomic E-state index is 6.70. The van der Waals surface area contributed by atoms with E-state index in [-0.39, 0.29) is 12.2 Å². The fourth-order valence-corrected chi connectivity index (χ4v) is 9.90. The monoisotopic (exact) mass is 372 g/mol. The lowest BCUT2D eigenvalue weighted by Crippen LogP contribution is -2.71. The molecule has 136 valence electrons. The highest BCUT2D eigenvalue weighted by Crippen LogP contribution is 2.16. The highest BCUT2D eigenvalue weighted by atomic mass is 28.4. The standard InChI is InChI=1S/C21H32O2Si2/c1-17(2)22-25(23-18(3)4,19-13-9-8-10-14-19)21-16-12-11-15-20(21)24(5,6)7/h8-18H,1-7H3. The normalized spacial score (nSPS) is 12.8. The minimum atomic E-state index is -2.79. The predicted octanol–water partition coefficient (Wildman–Crippen LogP) is 3.64. The van der Waals surface area contributed by atoms with Crippen molar-refractivity contribution in [1.82, 2.24) is 0 Å². The van der Waals surface area contributed by atoms with Gasteiger partial charge < -0.3 is 8.85 Å². The molecule has 0 aromatic heterocycles. The van der Waals surface area contributed by atoms with Gasteiger partial charge in [0.15, 0.2) is 0 Å². The Morgan fingerprint density at radius 1 is 0.640 bits per heavy atom. The van der Waals surface area contributed by atoms with Crippen LogP contribution in [0.3, 0.4) is 0 Å². The fourth-order valence-electron chi connectivity index (χ4n) is 3.19. The lowest BCUT2D eigenvalue weighted by atomic mass is 10.4. The summed E-state index contributed by atoms with van der Waals surface area (Å²) in [6.45, 7) is 15.6. The van der Waals surface area contributed by atoms with Crippen molar-refractivity contribution in [2.75, 3.05) is 0 Å². The third-order valence-corrected chi connectivity index (χ3v) is 10.2. The second kappa shape index (κ2) is 8.00. The number of hydrogen-bond acceptors (Lipinski definition) is 2. The van der Waals surface area contributed by atoms with E-state index in [1.807, 2.05) is 0 Å². The van der Waals surface area contributed by atoms with Gasteiger partial charge >= 0.3 is 8.56 Å². The van der Waals surface area contributed by atoms with Gasteiger partial charge in [-0.3, -0.25) is 0 Å². The van der Waals surface area contributed by atoms with Crippen molar-refractivity contribution < 1.29 is 8.85 Å². The van der Waals surface area contributed by atoms with Gasteiger partial charge in [-0.05, 0) is 38.1 Å². The van der Waals surface area contributed by atoms with Crippen LogP contribution < -0.4 is 15.6 Å². The third kappa shape index (κ3) is 4.70. The topological polar surface area (TPSA) is 18.5 Å². The number of rotatable bonds is 7. The van der Waals surface area contributed by atoms with Crippen molar-refractivity contribution in [1.29, 1.82) is 0 Å². The molecule has 0 unspecified atom stereocenters. The lowest BCUT2D eigenvalue weighted by Gasteiger charge is -2.37. The van der Waals surface area contributed by atoms with E-state index in [0.717, 1.165) is 0 Å². The molecule has 2 nitrogen and oxygen atoms in total. The molecule has 0 radical (unpaired) electrons. The molecule has 0 saturated carbocycles. The fraction of sp³-hybridized carbons (Fsp3) is 0.429. The molecule has 0 aliphatic heterocycles. The number of benzene rings is 2. The largest absolute Gasteiger partial charge is 0.407 e. The van der Waals surface area contributed by atoms with Crippen molar-refractivity contribution in [2.45, 2.75) is 59.5 Å². The van der Waals surface area contributed by atoms with E-state index < -0.39 is 16.6 Å². The maximum atomic E-state index is 6.70. The summed E-state index contributed by atoms with van der Waals surface area (Å²) in [4.78, 5) is 0. The predicted molar refractivity (Wildman–Crippen MR) is 113 cm³/mol. The molecule has 0 heterocycles. The van der Waals surface area contributed by atoms with E-state index in [1.54, 1.807) is 0 Å². The second-order valence-corrected chi connectivity index (χ2v) is 16.0. The van der Waals surface area contributed by atoms with Crippen LogP contribution >= 0.6 is 0 Å². The minimum absolute atomic E-state index is 0.0975. The van der Waals surface area contributed by atoms with Crippen LogP contribution in [0.1, 0.15) is 27.7 Å². The van der Waals surface area contributed by atoms with Crippen molar-refractivity contribution >= 4 is 32.2 Å². The van der Waals surface area contributed by atoms with Crippen LogP contribution in [0.15, 0.2) is 54.6 Å². The van der Waals surface area contributed by atoms with E-state index in [2.05, 4.69) is 102 Å². The van der Waals surface area contributed by atoms with Crippen LogP contribution in [0, 0.1) is 0 Å². The summed E-state index contributed by atoms with van der Waals surface area (Å²) in [5.74, 6) is 0. The van der Waals surface area contributed by atoms with Crippen molar-refractivity contribution in [2.24, 2.45) is 0 Å². The molecule has 0 fully saturated rings. The van der Waals surface area contributed by atoms with E-state index in [4.69, 9.17) is 8.85 Å². The molecule has 4 heteroatoms. The van der Waals surface area contributed by atoms with Gasteiger partial charge in [0.05, 0.1) is 8.07 Å². The summed E-state index contributed by atoms with van der Waals surface area (Å²) < 4.78 is 13.4. The summed E-state index contributed by atoms with van der Waals surface area (Å²) in [6, 6.07) is 19.3. The molecule has 0 saturated heterocycles. The molecule has 2 aromatic rings. The molecule has 2 rings (SSSR count). The average molecular weight is 373 g/mol. The third-order valence-electron chi connectivity index (χ3n) is 4.05. The van der Waals surface area contributed by atoms with Gasteiger partial charge in [0.1, 0.15) is 0 Å². The SMILES string of the molecule is CC(C)O[Si](OC(C)C)(c1ccccc1)c1ccccc1[Si](C)(C)C. The molecule has 0 spiro atoms. The van der Waals surface area contributed by atoms with E-state index in [0.29, 0.717) is 0 Å². The van der Waals surface area contributed by atoms with Gasteiger partial charge in [-0.1, -0.05) is 79.4 Å². The Balaban J connectivity index is 2.79. The Morgan fingerprint density at radius 2 is 1.08 bits per heavy atom. The van der Waals surface area contributed by atoms with Gasteiger partial charge in [-0.25, -0.2) is 0 Å². The second-order valence-electron chi connectivity index (χ2n) is 8.11. The highest BCUT2D eigenvalue weighted by molar-refractivity contribution is 7.00. The van der Waals surface area contributed by atoms with Crippen LogP contribution in [-0.2, 0) is 8.85 Å². The van der Waals surface area contributed by atoms with Crippen LogP contribution in [0.2, 0.25) is 19.6 Å². The summed E-state index contributed by atoms with van der Waals surface area (Å²) in [5, 5.41) is 3.90. The Labute approximate surface area is 155 Å². The van der Waals surface area contributed by atoms with Crippen molar-refractivity contribution in [3.8, 4) is 0 Å². The summed E-state index contributed by atoms with van der Waals surface area (Å²) >= 11 is 0. The molecule has 0 aliphatic carbocycles. The Hall–Kier alpha value is -1.21. The molecule has 25 heavy (non-hydrogen) atoms. The Kier molecular flexibility index (Phi) is 6.43. The van der Waals surface area contributed by atoms with Gasteiger partial charge in [-0.15, -0.1) is 0 Å². The first-order chi connectivity index (χ1) is 11.7. The molecule has 2 aromatic carbocycles. The molecular formula is C21H32O2Si2. The van der Waals surface area contributed by atoms with Crippen molar-refractivity contribution in [3.63, 3.8) is 0 Å². The number of hydrogen-bond donors (Lipinski definition) is 0.